The van der Waals surface area contributed by atoms with Crippen molar-refractivity contribution in [2.45, 2.75) is 6.04 Å². The van der Waals surface area contributed by atoms with E-state index in [-0.39, 0.29) is 17.4 Å². The fourth-order valence-electron chi connectivity index (χ4n) is 2.57. The average Bonchev–Trinajstić information content (AvgIpc) is 2.67. The van der Waals surface area contributed by atoms with Gasteiger partial charge < -0.3 is 5.32 Å². The summed E-state index contributed by atoms with van der Waals surface area (Å²) in [6.07, 6.45) is 0. The number of anilines is 1. The zero-order chi connectivity index (χ0) is 18.5. The van der Waals surface area contributed by atoms with E-state index < -0.39 is 4.92 Å². The Bertz CT molecular complexity index is 969. The Kier molecular flexibility index (Phi) is 5.11. The van der Waals surface area contributed by atoms with E-state index >= 15 is 0 Å². The molecule has 0 bridgehead atoms. The molecule has 0 aliphatic heterocycles. The van der Waals surface area contributed by atoms with E-state index in [1.54, 1.807) is 18.2 Å². The molecule has 0 fully saturated rings. The van der Waals surface area contributed by atoms with Crippen molar-refractivity contribution in [1.29, 1.82) is 5.26 Å². The normalized spacial score (nSPS) is 11.4. The molecule has 0 amide bonds. The molecule has 7 heteroatoms. The fraction of sp³-hybridized carbons (Fsp3) is 0.0526. The van der Waals surface area contributed by atoms with Crippen LogP contribution in [0.25, 0.3) is 0 Å². The second-order valence-corrected chi connectivity index (χ2v) is 5.91. The third kappa shape index (κ3) is 3.79. The number of aromatic nitrogens is 1. The molecule has 3 rings (SSSR count). The van der Waals surface area contributed by atoms with Gasteiger partial charge in [0.1, 0.15) is 11.9 Å². The second-order valence-electron chi connectivity index (χ2n) is 5.47. The Labute approximate surface area is 154 Å². The van der Waals surface area contributed by atoms with Crippen LogP contribution in [0.1, 0.15) is 22.9 Å². The van der Waals surface area contributed by atoms with Crippen LogP contribution >= 0.6 is 11.6 Å². The molecule has 1 heterocycles. The molecule has 1 N–H and O–H groups in total. The number of nitrogens with one attached hydrogen (secondary N) is 1. The van der Waals surface area contributed by atoms with Crippen LogP contribution in [0.15, 0.2) is 66.7 Å². The molecular weight excluding hydrogens is 352 g/mol. The largest absolute Gasteiger partial charge is 0.359 e. The molecule has 6 nitrogen and oxygen atoms in total. The van der Waals surface area contributed by atoms with Crippen molar-refractivity contribution < 1.29 is 4.92 Å². The van der Waals surface area contributed by atoms with Crippen molar-refractivity contribution in [2.75, 3.05) is 5.32 Å². The van der Waals surface area contributed by atoms with Crippen molar-refractivity contribution >= 4 is 23.1 Å². The van der Waals surface area contributed by atoms with Gasteiger partial charge in [-0.3, -0.25) is 10.1 Å². The van der Waals surface area contributed by atoms with Gasteiger partial charge in [0.2, 0.25) is 5.69 Å². The molecule has 0 radical (unpaired) electrons. The number of hydrogen-bond donors (Lipinski definition) is 1. The Hall–Kier alpha value is -3.43. The number of nitriles is 1. The van der Waals surface area contributed by atoms with Crippen molar-refractivity contribution in [1.82, 2.24) is 4.98 Å². The molecule has 2 aromatic carbocycles. The number of nitrogens with zero attached hydrogens (tertiary/aromatic N) is 3. The molecule has 0 aliphatic carbocycles. The van der Waals surface area contributed by atoms with Crippen molar-refractivity contribution in [3.8, 4) is 6.07 Å². The van der Waals surface area contributed by atoms with Crippen LogP contribution in [-0.2, 0) is 0 Å². The summed E-state index contributed by atoms with van der Waals surface area (Å²) in [7, 11) is 0. The highest BCUT2D eigenvalue weighted by atomic mass is 35.5. The quantitative estimate of drug-likeness (QED) is 0.522. The number of rotatable bonds is 5. The summed E-state index contributed by atoms with van der Waals surface area (Å²) in [4.78, 5) is 14.4. The third-order valence-electron chi connectivity index (χ3n) is 3.81. The van der Waals surface area contributed by atoms with Gasteiger partial charge in [-0.25, -0.2) is 4.98 Å². The topological polar surface area (TPSA) is 91.8 Å². The van der Waals surface area contributed by atoms with E-state index in [1.807, 2.05) is 42.5 Å². The highest BCUT2D eigenvalue weighted by Gasteiger charge is 2.19. The average molecular weight is 365 g/mol. The summed E-state index contributed by atoms with van der Waals surface area (Å²) in [6.45, 7) is 0. The van der Waals surface area contributed by atoms with Crippen molar-refractivity contribution in [2.24, 2.45) is 0 Å². The number of nitro groups is 1. The van der Waals surface area contributed by atoms with E-state index in [0.29, 0.717) is 10.8 Å². The molecule has 26 heavy (non-hydrogen) atoms. The maximum Gasteiger partial charge on any atom is 0.305 e. The van der Waals surface area contributed by atoms with Crippen molar-refractivity contribution in [3.05, 3.63) is 98.7 Å². The minimum Gasteiger partial charge on any atom is -0.359 e. The summed E-state index contributed by atoms with van der Waals surface area (Å²) in [6, 6.07) is 21.3. The molecule has 0 spiro atoms. The van der Waals surface area contributed by atoms with Gasteiger partial charge in [0.15, 0.2) is 0 Å². The summed E-state index contributed by atoms with van der Waals surface area (Å²) >= 11 is 5.98. The molecule has 1 unspecified atom stereocenters. The summed E-state index contributed by atoms with van der Waals surface area (Å²) in [5.74, 6) is 0.371. The zero-order valence-corrected chi connectivity index (χ0v) is 14.2. The SMILES string of the molecule is N#Cc1nc(NC(c2ccccc2)c2ccc(Cl)cc2)ccc1[N+](=O)[O-]. The molecule has 128 valence electrons. The number of pyridine rings is 1. The van der Waals surface area contributed by atoms with E-state index in [9.17, 15) is 10.1 Å². The van der Waals surface area contributed by atoms with Crippen LogP contribution in [0.3, 0.4) is 0 Å². The summed E-state index contributed by atoms with van der Waals surface area (Å²) in [5, 5.41) is 24.0. The van der Waals surface area contributed by atoms with Gasteiger partial charge in [0.25, 0.3) is 0 Å². The standard InChI is InChI=1S/C19H13ClN4O2/c20-15-8-6-14(7-9-15)19(13-4-2-1-3-5-13)23-18-11-10-17(24(25)26)16(12-21)22-18/h1-11,19H,(H,22,23). The minimum absolute atomic E-state index is 0.233. The fourth-order valence-corrected chi connectivity index (χ4v) is 2.70. The second kappa shape index (κ2) is 7.64. The Morgan fingerprint density at radius 3 is 2.31 bits per heavy atom. The molecule has 1 aromatic heterocycles. The van der Waals surface area contributed by atoms with Crippen LogP contribution in [-0.4, -0.2) is 9.91 Å². The van der Waals surface area contributed by atoms with E-state index in [4.69, 9.17) is 16.9 Å². The van der Waals surface area contributed by atoms with E-state index in [2.05, 4.69) is 10.3 Å². The van der Waals surface area contributed by atoms with Crippen molar-refractivity contribution in [3.63, 3.8) is 0 Å². The van der Waals surface area contributed by atoms with E-state index in [1.165, 1.54) is 12.1 Å². The molecule has 1 atom stereocenters. The lowest BCUT2D eigenvalue weighted by Gasteiger charge is -2.20. The maximum atomic E-state index is 11.0. The van der Waals surface area contributed by atoms with E-state index in [0.717, 1.165) is 11.1 Å². The van der Waals surface area contributed by atoms with Crippen LogP contribution in [0.2, 0.25) is 5.02 Å². The van der Waals surface area contributed by atoms with Crippen LogP contribution in [0.4, 0.5) is 11.5 Å². The Morgan fingerprint density at radius 2 is 1.69 bits per heavy atom. The van der Waals surface area contributed by atoms with Gasteiger partial charge in [-0.05, 0) is 29.3 Å². The number of hydrogen-bond acceptors (Lipinski definition) is 5. The molecule has 0 saturated carbocycles. The van der Waals surface area contributed by atoms with Gasteiger partial charge in [-0.1, -0.05) is 54.1 Å². The van der Waals surface area contributed by atoms with Crippen LogP contribution in [0, 0.1) is 21.4 Å². The Morgan fingerprint density at radius 1 is 1.04 bits per heavy atom. The van der Waals surface area contributed by atoms with Gasteiger partial charge in [0.05, 0.1) is 11.0 Å². The lowest BCUT2D eigenvalue weighted by Crippen LogP contribution is -2.13. The highest BCUT2D eigenvalue weighted by molar-refractivity contribution is 6.30. The highest BCUT2D eigenvalue weighted by Crippen LogP contribution is 2.28. The summed E-state index contributed by atoms with van der Waals surface area (Å²) in [5.41, 5.74) is 1.37. The Balaban J connectivity index is 2.00. The van der Waals surface area contributed by atoms with Gasteiger partial charge in [-0.2, -0.15) is 5.26 Å². The van der Waals surface area contributed by atoms with Gasteiger partial charge in [0, 0.05) is 11.1 Å². The first-order valence-corrected chi connectivity index (χ1v) is 8.09. The lowest BCUT2D eigenvalue weighted by molar-refractivity contribution is -0.385. The number of benzene rings is 2. The predicted molar refractivity (Wildman–Crippen MR) is 99.0 cm³/mol. The molecular formula is C19H13ClN4O2. The molecule has 0 saturated heterocycles. The predicted octanol–water partition coefficient (Wildman–Crippen LogP) is 4.72. The van der Waals surface area contributed by atoms with Gasteiger partial charge >= 0.3 is 5.69 Å². The summed E-state index contributed by atoms with van der Waals surface area (Å²) < 4.78 is 0. The minimum atomic E-state index is -0.622. The smallest absolute Gasteiger partial charge is 0.305 e. The first-order chi connectivity index (χ1) is 12.6. The van der Waals surface area contributed by atoms with Crippen LogP contribution < -0.4 is 5.32 Å². The maximum absolute atomic E-state index is 11.0. The first kappa shape index (κ1) is 17.4. The first-order valence-electron chi connectivity index (χ1n) is 7.71. The third-order valence-corrected chi connectivity index (χ3v) is 4.06. The monoisotopic (exact) mass is 364 g/mol. The zero-order valence-electron chi connectivity index (χ0n) is 13.5. The molecule has 0 aliphatic rings. The number of halogens is 1. The molecule has 3 aromatic rings. The van der Waals surface area contributed by atoms with Crippen LogP contribution in [0.5, 0.6) is 0 Å². The lowest BCUT2D eigenvalue weighted by atomic mass is 9.99. The van der Waals surface area contributed by atoms with Gasteiger partial charge in [-0.15, -0.1) is 0 Å².